The topological polar surface area (TPSA) is 66.0 Å². The van der Waals surface area contributed by atoms with Crippen LogP contribution in [-0.2, 0) is 4.74 Å². The maximum absolute atomic E-state index is 11.8. The summed E-state index contributed by atoms with van der Waals surface area (Å²) in [4.78, 5) is 17.9. The maximum Gasteiger partial charge on any atom is 0.410 e. The number of hydrogen-bond acceptors (Lipinski definition) is 3. The Balaban J connectivity index is 2.28. The highest BCUT2D eigenvalue weighted by Crippen LogP contribution is 2.28. The second kappa shape index (κ2) is 8.10. The molecule has 1 rings (SSSR count). The van der Waals surface area contributed by atoms with E-state index < -0.39 is 5.60 Å². The predicted octanol–water partition coefficient (Wildman–Crippen LogP) is 1.82. The SMILES string of the molecule is CCNC(=NCC1CC1)NCCN(C)C(=O)OC(C)(C)C. The minimum Gasteiger partial charge on any atom is -0.444 e. The summed E-state index contributed by atoms with van der Waals surface area (Å²) in [5.74, 6) is 1.59. The second-order valence-electron chi connectivity index (χ2n) is 6.49. The molecule has 0 spiro atoms. The number of aliphatic imine (C=N–C) groups is 1. The molecule has 0 aliphatic heterocycles. The quantitative estimate of drug-likeness (QED) is 0.580. The van der Waals surface area contributed by atoms with E-state index in [2.05, 4.69) is 15.6 Å². The van der Waals surface area contributed by atoms with Crippen molar-refractivity contribution in [2.24, 2.45) is 10.9 Å². The van der Waals surface area contributed by atoms with Gasteiger partial charge in [-0.2, -0.15) is 0 Å². The van der Waals surface area contributed by atoms with Crippen molar-refractivity contribution in [2.45, 2.75) is 46.1 Å². The number of nitrogens with zero attached hydrogens (tertiary/aromatic N) is 2. The highest BCUT2D eigenvalue weighted by molar-refractivity contribution is 5.79. The van der Waals surface area contributed by atoms with Crippen molar-refractivity contribution in [3.63, 3.8) is 0 Å². The first-order chi connectivity index (χ1) is 9.81. The van der Waals surface area contributed by atoms with Crippen molar-refractivity contribution in [3.8, 4) is 0 Å². The number of carbonyl (C=O) groups excluding carboxylic acids is 1. The molecule has 1 saturated carbocycles. The lowest BCUT2D eigenvalue weighted by molar-refractivity contribution is 0.0302. The maximum atomic E-state index is 11.8. The average Bonchev–Trinajstić information content (AvgIpc) is 3.17. The number of nitrogens with one attached hydrogen (secondary N) is 2. The average molecular weight is 298 g/mol. The van der Waals surface area contributed by atoms with Gasteiger partial charge in [0, 0.05) is 33.2 Å². The fraction of sp³-hybridized carbons (Fsp3) is 0.867. The first kappa shape index (κ1) is 17.6. The van der Waals surface area contributed by atoms with Gasteiger partial charge in [0.15, 0.2) is 5.96 Å². The summed E-state index contributed by atoms with van der Waals surface area (Å²) in [5.41, 5.74) is -0.459. The summed E-state index contributed by atoms with van der Waals surface area (Å²) in [6.45, 7) is 10.6. The second-order valence-corrected chi connectivity index (χ2v) is 6.49. The van der Waals surface area contributed by atoms with Crippen molar-refractivity contribution >= 4 is 12.1 Å². The smallest absolute Gasteiger partial charge is 0.410 e. The van der Waals surface area contributed by atoms with Crippen LogP contribution in [0.3, 0.4) is 0 Å². The van der Waals surface area contributed by atoms with Gasteiger partial charge in [-0.25, -0.2) is 4.79 Å². The lowest BCUT2D eigenvalue weighted by Crippen LogP contribution is -2.43. The Bertz CT molecular complexity index is 359. The molecule has 6 heteroatoms. The van der Waals surface area contributed by atoms with E-state index in [1.807, 2.05) is 27.7 Å². The van der Waals surface area contributed by atoms with Crippen molar-refractivity contribution in [3.05, 3.63) is 0 Å². The zero-order chi connectivity index (χ0) is 15.9. The Kier molecular flexibility index (Phi) is 6.78. The summed E-state index contributed by atoms with van der Waals surface area (Å²) >= 11 is 0. The van der Waals surface area contributed by atoms with Gasteiger partial charge in [0.05, 0.1) is 0 Å². The van der Waals surface area contributed by atoms with Crippen LogP contribution in [0.4, 0.5) is 4.79 Å². The third-order valence-electron chi connectivity index (χ3n) is 2.99. The summed E-state index contributed by atoms with van der Waals surface area (Å²) < 4.78 is 5.31. The third-order valence-corrected chi connectivity index (χ3v) is 2.99. The number of likely N-dealkylation sites (N-methyl/N-ethyl adjacent to an activating group) is 1. The number of hydrogen-bond donors (Lipinski definition) is 2. The van der Waals surface area contributed by atoms with Crippen LogP contribution in [0, 0.1) is 5.92 Å². The molecule has 0 atom stereocenters. The van der Waals surface area contributed by atoms with Gasteiger partial charge in [0.2, 0.25) is 0 Å². The number of carbonyl (C=O) groups is 1. The summed E-state index contributed by atoms with van der Waals surface area (Å²) in [6, 6.07) is 0. The molecule has 6 nitrogen and oxygen atoms in total. The number of guanidine groups is 1. The molecule has 2 N–H and O–H groups in total. The molecule has 1 aliphatic rings. The van der Waals surface area contributed by atoms with Gasteiger partial charge in [0.25, 0.3) is 0 Å². The van der Waals surface area contributed by atoms with Crippen LogP contribution in [0.5, 0.6) is 0 Å². The van der Waals surface area contributed by atoms with Crippen LogP contribution in [-0.4, -0.2) is 55.8 Å². The molecule has 0 bridgehead atoms. The fourth-order valence-corrected chi connectivity index (χ4v) is 1.64. The molecule has 1 fully saturated rings. The van der Waals surface area contributed by atoms with Crippen molar-refractivity contribution in [2.75, 3.05) is 33.2 Å². The molecule has 0 heterocycles. The summed E-state index contributed by atoms with van der Waals surface area (Å²) in [6.07, 6.45) is 2.29. The number of rotatable bonds is 6. The van der Waals surface area contributed by atoms with E-state index in [0.717, 1.165) is 25.0 Å². The van der Waals surface area contributed by atoms with Gasteiger partial charge in [-0.3, -0.25) is 4.99 Å². The molecule has 0 aromatic heterocycles. The van der Waals surface area contributed by atoms with Crippen LogP contribution < -0.4 is 10.6 Å². The highest BCUT2D eigenvalue weighted by atomic mass is 16.6. The number of ether oxygens (including phenoxy) is 1. The zero-order valence-corrected chi connectivity index (χ0v) is 14.0. The van der Waals surface area contributed by atoms with E-state index in [0.29, 0.717) is 13.1 Å². The zero-order valence-electron chi connectivity index (χ0n) is 14.0. The molecule has 122 valence electrons. The predicted molar refractivity (Wildman–Crippen MR) is 85.6 cm³/mol. The molecule has 0 radical (unpaired) electrons. The molecular weight excluding hydrogens is 268 g/mol. The van der Waals surface area contributed by atoms with Crippen molar-refractivity contribution < 1.29 is 9.53 Å². The minimum absolute atomic E-state index is 0.302. The van der Waals surface area contributed by atoms with E-state index in [9.17, 15) is 4.79 Å². The molecule has 0 unspecified atom stereocenters. The monoisotopic (exact) mass is 298 g/mol. The Labute approximate surface area is 128 Å². The first-order valence-corrected chi connectivity index (χ1v) is 7.78. The normalized spacial score (nSPS) is 15.6. The van der Waals surface area contributed by atoms with E-state index in [-0.39, 0.29) is 6.09 Å². The van der Waals surface area contributed by atoms with E-state index in [1.54, 1.807) is 11.9 Å². The van der Waals surface area contributed by atoms with Gasteiger partial charge >= 0.3 is 6.09 Å². The molecule has 0 aromatic rings. The molecule has 1 aliphatic carbocycles. The molecule has 0 saturated heterocycles. The Hall–Kier alpha value is -1.46. The van der Waals surface area contributed by atoms with Gasteiger partial charge in [-0.1, -0.05) is 0 Å². The van der Waals surface area contributed by atoms with Crippen LogP contribution in [0.2, 0.25) is 0 Å². The minimum atomic E-state index is -0.459. The molecule has 1 amide bonds. The van der Waals surface area contributed by atoms with E-state index in [1.165, 1.54) is 12.8 Å². The Morgan fingerprint density at radius 3 is 2.52 bits per heavy atom. The van der Waals surface area contributed by atoms with Gasteiger partial charge in [-0.15, -0.1) is 0 Å². The van der Waals surface area contributed by atoms with Crippen molar-refractivity contribution in [1.29, 1.82) is 0 Å². The van der Waals surface area contributed by atoms with Gasteiger partial charge < -0.3 is 20.3 Å². The summed E-state index contributed by atoms with van der Waals surface area (Å²) in [5, 5.41) is 6.45. The molecule has 0 aromatic carbocycles. The highest BCUT2D eigenvalue weighted by Gasteiger charge is 2.21. The fourth-order valence-electron chi connectivity index (χ4n) is 1.64. The Morgan fingerprint density at radius 2 is 2.00 bits per heavy atom. The lowest BCUT2D eigenvalue weighted by Gasteiger charge is -2.24. The van der Waals surface area contributed by atoms with Crippen LogP contribution in [0.1, 0.15) is 40.5 Å². The van der Waals surface area contributed by atoms with E-state index >= 15 is 0 Å². The van der Waals surface area contributed by atoms with Crippen LogP contribution >= 0.6 is 0 Å². The van der Waals surface area contributed by atoms with E-state index in [4.69, 9.17) is 4.74 Å². The molecule has 21 heavy (non-hydrogen) atoms. The largest absolute Gasteiger partial charge is 0.444 e. The van der Waals surface area contributed by atoms with Crippen LogP contribution in [0.25, 0.3) is 0 Å². The number of amides is 1. The van der Waals surface area contributed by atoms with Gasteiger partial charge in [0.1, 0.15) is 5.60 Å². The van der Waals surface area contributed by atoms with Gasteiger partial charge in [-0.05, 0) is 46.5 Å². The van der Waals surface area contributed by atoms with Crippen molar-refractivity contribution in [1.82, 2.24) is 15.5 Å². The lowest BCUT2D eigenvalue weighted by atomic mass is 10.2. The molecular formula is C15H30N4O2. The Morgan fingerprint density at radius 1 is 1.33 bits per heavy atom. The first-order valence-electron chi connectivity index (χ1n) is 7.78. The summed E-state index contributed by atoms with van der Waals surface area (Å²) in [7, 11) is 1.74. The standard InChI is InChI=1S/C15H30N4O2/c1-6-16-13(18-11-12-7-8-12)17-9-10-19(5)14(20)21-15(2,3)4/h12H,6-11H2,1-5H3,(H2,16,17,18). The van der Waals surface area contributed by atoms with Crippen LogP contribution in [0.15, 0.2) is 4.99 Å². The third kappa shape index (κ3) is 8.42.